The van der Waals surface area contributed by atoms with Crippen LogP contribution < -0.4 is 10.1 Å². The number of carbonyl (C=O) groups is 3. The summed E-state index contributed by atoms with van der Waals surface area (Å²) in [7, 11) is 0. The first kappa shape index (κ1) is 17.3. The van der Waals surface area contributed by atoms with Crippen LogP contribution in [0.5, 0.6) is 5.75 Å². The fourth-order valence-electron chi connectivity index (χ4n) is 3.07. The Labute approximate surface area is 146 Å². The molecule has 2 saturated heterocycles. The van der Waals surface area contributed by atoms with Crippen LogP contribution in [0.1, 0.15) is 18.4 Å². The smallest absolute Gasteiger partial charge is 0.260 e. The Balaban J connectivity index is 1.43. The highest BCUT2D eigenvalue weighted by molar-refractivity contribution is 5.91. The lowest BCUT2D eigenvalue weighted by Crippen LogP contribution is -2.55. The van der Waals surface area contributed by atoms with E-state index >= 15 is 0 Å². The van der Waals surface area contributed by atoms with Gasteiger partial charge in [-0.1, -0.05) is 17.7 Å². The van der Waals surface area contributed by atoms with Crippen LogP contribution in [0.15, 0.2) is 24.3 Å². The van der Waals surface area contributed by atoms with Gasteiger partial charge in [-0.2, -0.15) is 0 Å². The molecule has 2 heterocycles. The number of nitrogens with zero attached hydrogens (tertiary/aromatic N) is 2. The Hall–Kier alpha value is -2.57. The molecule has 3 rings (SSSR count). The van der Waals surface area contributed by atoms with Gasteiger partial charge in [0.2, 0.25) is 11.8 Å². The number of nitrogens with one attached hydrogen (secondary N) is 1. The van der Waals surface area contributed by atoms with Crippen molar-refractivity contribution in [2.45, 2.75) is 25.8 Å². The average molecular weight is 345 g/mol. The third kappa shape index (κ3) is 4.29. The summed E-state index contributed by atoms with van der Waals surface area (Å²) in [5.74, 6) is 0.473. The van der Waals surface area contributed by atoms with Crippen molar-refractivity contribution in [1.82, 2.24) is 15.1 Å². The standard InChI is InChI=1S/C18H23N3O4/c1-13-2-4-14(5-3-13)25-12-17(23)20-8-10-21(11-9-20)18(24)15-6-7-16(22)19-15/h2-5,15H,6-12H2,1H3,(H,19,22). The van der Waals surface area contributed by atoms with Crippen LogP contribution in [-0.2, 0) is 14.4 Å². The number of hydrogen-bond acceptors (Lipinski definition) is 4. The molecular formula is C18H23N3O4. The first-order valence-electron chi connectivity index (χ1n) is 8.58. The van der Waals surface area contributed by atoms with Crippen molar-refractivity contribution in [3.63, 3.8) is 0 Å². The Morgan fingerprint density at radius 2 is 1.76 bits per heavy atom. The number of amides is 3. The molecule has 0 spiro atoms. The van der Waals surface area contributed by atoms with Crippen molar-refractivity contribution in [2.24, 2.45) is 0 Å². The summed E-state index contributed by atoms with van der Waals surface area (Å²) >= 11 is 0. The first-order valence-corrected chi connectivity index (χ1v) is 8.58. The van der Waals surface area contributed by atoms with Crippen LogP contribution in [0.2, 0.25) is 0 Å². The van der Waals surface area contributed by atoms with E-state index in [0.717, 1.165) is 5.56 Å². The van der Waals surface area contributed by atoms with Crippen LogP contribution in [0, 0.1) is 6.92 Å². The molecule has 1 aromatic carbocycles. The van der Waals surface area contributed by atoms with Gasteiger partial charge in [0.05, 0.1) is 0 Å². The summed E-state index contributed by atoms with van der Waals surface area (Å²) in [5.41, 5.74) is 1.14. The molecule has 3 amide bonds. The van der Waals surface area contributed by atoms with Gasteiger partial charge in [0, 0.05) is 32.6 Å². The van der Waals surface area contributed by atoms with Crippen LogP contribution in [-0.4, -0.2) is 66.3 Å². The van der Waals surface area contributed by atoms with Crippen molar-refractivity contribution >= 4 is 17.7 Å². The Kier molecular flexibility index (Phi) is 5.21. The quantitative estimate of drug-likeness (QED) is 0.853. The lowest BCUT2D eigenvalue weighted by Gasteiger charge is -2.35. The van der Waals surface area contributed by atoms with Crippen molar-refractivity contribution < 1.29 is 19.1 Å². The van der Waals surface area contributed by atoms with Gasteiger partial charge < -0.3 is 19.9 Å². The largest absolute Gasteiger partial charge is 0.484 e. The number of aryl methyl sites for hydroxylation is 1. The molecule has 7 heteroatoms. The number of hydrogen-bond donors (Lipinski definition) is 1. The van der Waals surface area contributed by atoms with Crippen molar-refractivity contribution in [3.05, 3.63) is 29.8 Å². The van der Waals surface area contributed by atoms with Gasteiger partial charge in [0.15, 0.2) is 6.61 Å². The zero-order valence-corrected chi connectivity index (χ0v) is 14.4. The SMILES string of the molecule is Cc1ccc(OCC(=O)N2CCN(C(=O)C3CCC(=O)N3)CC2)cc1. The minimum Gasteiger partial charge on any atom is -0.484 e. The summed E-state index contributed by atoms with van der Waals surface area (Å²) in [4.78, 5) is 39.3. The van der Waals surface area contributed by atoms with Gasteiger partial charge in [-0.05, 0) is 25.5 Å². The minimum absolute atomic E-state index is 0.00428. The zero-order chi connectivity index (χ0) is 17.8. The molecule has 2 fully saturated rings. The van der Waals surface area contributed by atoms with E-state index in [2.05, 4.69) is 5.32 Å². The molecule has 0 bridgehead atoms. The van der Waals surface area contributed by atoms with Crippen LogP contribution >= 0.6 is 0 Å². The third-order valence-electron chi connectivity index (χ3n) is 4.62. The van der Waals surface area contributed by atoms with E-state index in [-0.39, 0.29) is 24.3 Å². The highest BCUT2D eigenvalue weighted by Gasteiger charge is 2.32. The highest BCUT2D eigenvalue weighted by Crippen LogP contribution is 2.13. The number of ether oxygens (including phenoxy) is 1. The normalized spacial score (nSPS) is 20.4. The van der Waals surface area contributed by atoms with E-state index < -0.39 is 6.04 Å². The van der Waals surface area contributed by atoms with Crippen molar-refractivity contribution in [1.29, 1.82) is 0 Å². The number of benzene rings is 1. The predicted octanol–water partition coefficient (Wildman–Crippen LogP) is 0.323. The third-order valence-corrected chi connectivity index (χ3v) is 4.62. The highest BCUT2D eigenvalue weighted by atomic mass is 16.5. The van der Waals surface area contributed by atoms with Crippen molar-refractivity contribution in [3.8, 4) is 5.75 Å². The van der Waals surface area contributed by atoms with Gasteiger partial charge in [-0.15, -0.1) is 0 Å². The molecule has 0 saturated carbocycles. The second-order valence-electron chi connectivity index (χ2n) is 6.47. The van der Waals surface area contributed by atoms with Gasteiger partial charge in [-0.3, -0.25) is 14.4 Å². The Morgan fingerprint density at radius 3 is 2.36 bits per heavy atom. The molecule has 1 aromatic rings. The monoisotopic (exact) mass is 345 g/mol. The van der Waals surface area contributed by atoms with E-state index in [1.165, 1.54) is 0 Å². The maximum atomic E-state index is 12.3. The predicted molar refractivity (Wildman–Crippen MR) is 91.0 cm³/mol. The molecule has 1 N–H and O–H groups in total. The minimum atomic E-state index is -0.403. The van der Waals surface area contributed by atoms with Crippen LogP contribution in [0.25, 0.3) is 0 Å². The summed E-state index contributed by atoms with van der Waals surface area (Å²) in [5, 5.41) is 2.70. The second-order valence-corrected chi connectivity index (χ2v) is 6.47. The van der Waals surface area contributed by atoms with Crippen LogP contribution in [0.3, 0.4) is 0 Å². The van der Waals surface area contributed by atoms with E-state index in [0.29, 0.717) is 44.8 Å². The molecule has 2 aliphatic rings. The fraction of sp³-hybridized carbons (Fsp3) is 0.500. The van der Waals surface area contributed by atoms with Gasteiger partial charge in [0.25, 0.3) is 5.91 Å². The maximum Gasteiger partial charge on any atom is 0.260 e. The second kappa shape index (κ2) is 7.55. The molecule has 1 atom stereocenters. The lowest BCUT2D eigenvalue weighted by atomic mass is 10.2. The lowest BCUT2D eigenvalue weighted by molar-refractivity contribution is -0.141. The zero-order valence-electron chi connectivity index (χ0n) is 14.4. The Morgan fingerprint density at radius 1 is 1.12 bits per heavy atom. The summed E-state index contributed by atoms with van der Waals surface area (Å²) in [6, 6.07) is 7.15. The fourth-order valence-corrected chi connectivity index (χ4v) is 3.07. The van der Waals surface area contributed by atoms with E-state index in [1.54, 1.807) is 9.80 Å². The van der Waals surface area contributed by atoms with Gasteiger partial charge in [0.1, 0.15) is 11.8 Å². The molecule has 134 valence electrons. The number of carbonyl (C=O) groups excluding carboxylic acids is 3. The molecule has 0 aromatic heterocycles. The van der Waals surface area contributed by atoms with Crippen molar-refractivity contribution in [2.75, 3.05) is 32.8 Å². The topological polar surface area (TPSA) is 79.0 Å². The molecule has 25 heavy (non-hydrogen) atoms. The molecule has 0 aliphatic carbocycles. The van der Waals surface area contributed by atoms with E-state index in [4.69, 9.17) is 4.74 Å². The first-order chi connectivity index (χ1) is 12.0. The Bertz CT molecular complexity index is 651. The molecule has 1 unspecified atom stereocenters. The van der Waals surface area contributed by atoms with Gasteiger partial charge in [-0.25, -0.2) is 0 Å². The summed E-state index contributed by atoms with van der Waals surface area (Å²) < 4.78 is 5.52. The molecular weight excluding hydrogens is 322 g/mol. The molecule has 0 radical (unpaired) electrons. The van der Waals surface area contributed by atoms with E-state index in [1.807, 2.05) is 31.2 Å². The summed E-state index contributed by atoms with van der Waals surface area (Å²) in [6.07, 6.45) is 0.965. The number of piperazine rings is 1. The van der Waals surface area contributed by atoms with Crippen LogP contribution in [0.4, 0.5) is 0 Å². The maximum absolute atomic E-state index is 12.3. The van der Waals surface area contributed by atoms with E-state index in [9.17, 15) is 14.4 Å². The summed E-state index contributed by atoms with van der Waals surface area (Å²) in [6.45, 7) is 3.94. The average Bonchev–Trinajstić information content (AvgIpc) is 3.07. The molecule has 7 nitrogen and oxygen atoms in total. The van der Waals surface area contributed by atoms with Gasteiger partial charge >= 0.3 is 0 Å². The molecule has 2 aliphatic heterocycles. The number of rotatable bonds is 4.